The lowest BCUT2D eigenvalue weighted by Crippen LogP contribution is -2.34. The van der Waals surface area contributed by atoms with Gasteiger partial charge in [0.1, 0.15) is 0 Å². The molecule has 1 saturated carbocycles. The standard InChI is InChI=1S/C33H46O5/c1-2-3-8-20-30(36-24-27-15-9-6-10-16-27)26-38-33-29(19-13-4-5-14-21-32(34)35)22-23-31(33)37-25-28-17-11-7-12-18-28/h6-7,9-13,15-19,29-31,33H,2-5,8,14,20-26H2,1H3,(H,34,35)/t29-,30+,31-,33-/m1/s1. The van der Waals surface area contributed by atoms with Gasteiger partial charge >= 0.3 is 5.97 Å². The topological polar surface area (TPSA) is 65.0 Å². The van der Waals surface area contributed by atoms with Gasteiger partial charge in [0, 0.05) is 12.3 Å². The summed E-state index contributed by atoms with van der Waals surface area (Å²) in [4.78, 5) is 10.8. The number of carboxylic acids is 1. The second-order valence-electron chi connectivity index (χ2n) is 10.4. The van der Waals surface area contributed by atoms with Crippen LogP contribution in [-0.2, 0) is 32.2 Å². The summed E-state index contributed by atoms with van der Waals surface area (Å²) in [5.74, 6) is -0.430. The minimum Gasteiger partial charge on any atom is -0.481 e. The van der Waals surface area contributed by atoms with Gasteiger partial charge in [-0.1, -0.05) is 99.0 Å². The number of hydrogen-bond donors (Lipinski definition) is 1. The van der Waals surface area contributed by atoms with Gasteiger partial charge in [0.05, 0.1) is 38.1 Å². The molecule has 5 nitrogen and oxygen atoms in total. The lowest BCUT2D eigenvalue weighted by atomic mass is 10.0. The molecule has 208 valence electrons. The lowest BCUT2D eigenvalue weighted by Gasteiger charge is -2.27. The maximum atomic E-state index is 10.8. The molecule has 38 heavy (non-hydrogen) atoms. The van der Waals surface area contributed by atoms with E-state index in [4.69, 9.17) is 19.3 Å². The molecule has 0 spiro atoms. The summed E-state index contributed by atoms with van der Waals surface area (Å²) in [5.41, 5.74) is 2.36. The van der Waals surface area contributed by atoms with E-state index in [0.717, 1.165) is 38.5 Å². The lowest BCUT2D eigenvalue weighted by molar-refractivity contribution is -0.137. The summed E-state index contributed by atoms with van der Waals surface area (Å²) in [6.07, 6.45) is 13.8. The normalized spacial score (nSPS) is 20.2. The molecule has 0 aliphatic heterocycles. The summed E-state index contributed by atoms with van der Waals surface area (Å²) >= 11 is 0. The van der Waals surface area contributed by atoms with E-state index in [1.807, 2.05) is 36.4 Å². The minimum atomic E-state index is -0.723. The van der Waals surface area contributed by atoms with Crippen molar-refractivity contribution in [3.8, 4) is 0 Å². The monoisotopic (exact) mass is 522 g/mol. The highest BCUT2D eigenvalue weighted by Gasteiger charge is 2.37. The van der Waals surface area contributed by atoms with Gasteiger partial charge in [-0.05, 0) is 49.7 Å². The molecule has 4 atom stereocenters. The van der Waals surface area contributed by atoms with Crippen molar-refractivity contribution in [3.05, 3.63) is 83.9 Å². The molecule has 0 bridgehead atoms. The smallest absolute Gasteiger partial charge is 0.303 e. The summed E-state index contributed by atoms with van der Waals surface area (Å²) in [7, 11) is 0. The SMILES string of the molecule is CCCCC[C@@H](CO[C@@H]1[C@H](C=CCCCCC(=O)O)CC[C@H]1OCc1ccccc1)OCc1ccccc1. The van der Waals surface area contributed by atoms with Crippen LogP contribution in [0, 0.1) is 5.92 Å². The molecule has 0 unspecified atom stereocenters. The summed E-state index contributed by atoms with van der Waals surface area (Å²) in [5, 5.41) is 8.86. The van der Waals surface area contributed by atoms with Crippen LogP contribution in [0.15, 0.2) is 72.8 Å². The van der Waals surface area contributed by atoms with Gasteiger partial charge in [0.15, 0.2) is 0 Å². The molecule has 5 heteroatoms. The van der Waals surface area contributed by atoms with Crippen LogP contribution in [0.1, 0.15) is 82.3 Å². The van der Waals surface area contributed by atoms with Crippen LogP contribution in [-0.4, -0.2) is 36.0 Å². The maximum Gasteiger partial charge on any atom is 0.303 e. The molecular weight excluding hydrogens is 476 g/mol. The third kappa shape index (κ3) is 11.5. The molecule has 3 rings (SSSR count). The van der Waals surface area contributed by atoms with Crippen LogP contribution < -0.4 is 0 Å². The molecule has 1 aliphatic carbocycles. The Bertz CT molecular complexity index is 913. The van der Waals surface area contributed by atoms with E-state index in [-0.39, 0.29) is 24.7 Å². The molecule has 0 heterocycles. The molecule has 2 aromatic rings. The van der Waals surface area contributed by atoms with Crippen molar-refractivity contribution in [2.24, 2.45) is 5.92 Å². The van der Waals surface area contributed by atoms with Crippen molar-refractivity contribution in [1.82, 2.24) is 0 Å². The van der Waals surface area contributed by atoms with E-state index in [1.165, 1.54) is 24.0 Å². The van der Waals surface area contributed by atoms with Gasteiger partial charge in [-0.15, -0.1) is 0 Å². The Labute approximate surface area is 229 Å². The Hall–Kier alpha value is -2.47. The van der Waals surface area contributed by atoms with Crippen molar-refractivity contribution in [3.63, 3.8) is 0 Å². The number of hydrogen-bond acceptors (Lipinski definition) is 4. The second-order valence-corrected chi connectivity index (χ2v) is 10.4. The first-order chi connectivity index (χ1) is 18.7. The molecule has 1 N–H and O–H groups in total. The fourth-order valence-corrected chi connectivity index (χ4v) is 5.01. The van der Waals surface area contributed by atoms with Crippen LogP contribution in [0.25, 0.3) is 0 Å². The van der Waals surface area contributed by atoms with Crippen molar-refractivity contribution in [2.75, 3.05) is 6.61 Å². The van der Waals surface area contributed by atoms with Crippen molar-refractivity contribution in [2.45, 2.75) is 103 Å². The zero-order valence-corrected chi connectivity index (χ0v) is 23.0. The predicted molar refractivity (Wildman–Crippen MR) is 152 cm³/mol. The molecule has 1 fully saturated rings. The quantitative estimate of drug-likeness (QED) is 0.151. The van der Waals surface area contributed by atoms with E-state index in [1.54, 1.807) is 0 Å². The molecule has 0 radical (unpaired) electrons. The fraction of sp³-hybridized carbons (Fsp3) is 0.545. The maximum absolute atomic E-state index is 10.8. The average molecular weight is 523 g/mol. The largest absolute Gasteiger partial charge is 0.481 e. The number of allylic oxidation sites excluding steroid dienone is 1. The average Bonchev–Trinajstić information content (AvgIpc) is 3.33. The Morgan fingerprint density at radius 2 is 1.63 bits per heavy atom. The number of rotatable bonds is 19. The van der Waals surface area contributed by atoms with Gasteiger partial charge in [0.2, 0.25) is 0 Å². The highest BCUT2D eigenvalue weighted by Crippen LogP contribution is 2.33. The van der Waals surface area contributed by atoms with E-state index in [0.29, 0.717) is 32.2 Å². The first-order valence-corrected chi connectivity index (χ1v) is 14.5. The highest BCUT2D eigenvalue weighted by atomic mass is 16.6. The Morgan fingerprint density at radius 1 is 0.921 bits per heavy atom. The van der Waals surface area contributed by atoms with Crippen LogP contribution in [0.4, 0.5) is 0 Å². The molecule has 0 amide bonds. The van der Waals surface area contributed by atoms with E-state index in [9.17, 15) is 4.79 Å². The number of carboxylic acid groups (broad SMARTS) is 1. The van der Waals surface area contributed by atoms with Gasteiger partial charge in [-0.2, -0.15) is 0 Å². The number of benzene rings is 2. The number of ether oxygens (including phenoxy) is 3. The Morgan fingerprint density at radius 3 is 2.32 bits per heavy atom. The molecule has 2 aromatic carbocycles. The first kappa shape index (κ1) is 30.1. The van der Waals surface area contributed by atoms with Gasteiger partial charge < -0.3 is 19.3 Å². The number of carbonyl (C=O) groups is 1. The van der Waals surface area contributed by atoms with Gasteiger partial charge in [-0.3, -0.25) is 4.79 Å². The van der Waals surface area contributed by atoms with Crippen LogP contribution in [0.5, 0.6) is 0 Å². The summed E-state index contributed by atoms with van der Waals surface area (Å²) in [6, 6.07) is 20.6. The zero-order chi connectivity index (χ0) is 26.8. The van der Waals surface area contributed by atoms with Crippen molar-refractivity contribution >= 4 is 5.97 Å². The van der Waals surface area contributed by atoms with E-state index >= 15 is 0 Å². The summed E-state index contributed by atoms with van der Waals surface area (Å²) < 4.78 is 19.4. The Balaban J connectivity index is 1.59. The van der Waals surface area contributed by atoms with E-state index < -0.39 is 5.97 Å². The minimum absolute atomic E-state index is 0.0111. The fourth-order valence-electron chi connectivity index (χ4n) is 5.01. The van der Waals surface area contributed by atoms with Crippen molar-refractivity contribution < 1.29 is 24.1 Å². The van der Waals surface area contributed by atoms with Gasteiger partial charge in [0.25, 0.3) is 0 Å². The molecule has 0 saturated heterocycles. The van der Waals surface area contributed by atoms with Crippen LogP contribution in [0.3, 0.4) is 0 Å². The van der Waals surface area contributed by atoms with E-state index in [2.05, 4.69) is 43.3 Å². The predicted octanol–water partition coefficient (Wildman–Crippen LogP) is 7.73. The number of unbranched alkanes of at least 4 members (excludes halogenated alkanes) is 4. The second kappa shape index (κ2) is 17.9. The van der Waals surface area contributed by atoms with Crippen LogP contribution >= 0.6 is 0 Å². The number of aliphatic carboxylic acids is 1. The van der Waals surface area contributed by atoms with Crippen molar-refractivity contribution in [1.29, 1.82) is 0 Å². The van der Waals surface area contributed by atoms with Gasteiger partial charge in [-0.25, -0.2) is 0 Å². The summed E-state index contributed by atoms with van der Waals surface area (Å²) in [6.45, 7) is 3.97. The molecular formula is C33H46O5. The third-order valence-electron chi connectivity index (χ3n) is 7.21. The van der Waals surface area contributed by atoms with Crippen LogP contribution in [0.2, 0.25) is 0 Å². The zero-order valence-electron chi connectivity index (χ0n) is 23.0. The third-order valence-corrected chi connectivity index (χ3v) is 7.21. The molecule has 1 aliphatic rings. The highest BCUT2D eigenvalue weighted by molar-refractivity contribution is 5.66. The molecule has 0 aromatic heterocycles. The Kier molecular flexibility index (Phi) is 14.2. The first-order valence-electron chi connectivity index (χ1n) is 14.5.